The van der Waals surface area contributed by atoms with Gasteiger partial charge in [0.2, 0.25) is 15.9 Å². The molecule has 27 heavy (non-hydrogen) atoms. The first kappa shape index (κ1) is 23.3. The fourth-order valence-electron chi connectivity index (χ4n) is 3.28. The molecular weight excluding hydrogens is 364 g/mol. The monoisotopic (exact) mass is 398 g/mol. The van der Waals surface area contributed by atoms with Gasteiger partial charge in [0.15, 0.2) is 0 Å². The Morgan fingerprint density at radius 2 is 1.59 bits per heavy atom. The van der Waals surface area contributed by atoms with E-state index in [0.29, 0.717) is 24.5 Å². The molecule has 0 spiro atoms. The van der Waals surface area contributed by atoms with Crippen molar-refractivity contribution in [2.45, 2.75) is 60.0 Å². The first-order valence-corrected chi connectivity index (χ1v) is 11.4. The Balaban J connectivity index is 3.21. The Hall–Kier alpha value is -1.76. The van der Waals surface area contributed by atoms with Gasteiger partial charge < -0.3 is 10.1 Å². The highest BCUT2D eigenvalue weighted by molar-refractivity contribution is 7.92. The van der Waals surface area contributed by atoms with Gasteiger partial charge in [-0.3, -0.25) is 9.10 Å². The highest BCUT2D eigenvalue weighted by Crippen LogP contribution is 2.25. The van der Waals surface area contributed by atoms with E-state index >= 15 is 0 Å². The molecule has 1 aromatic rings. The van der Waals surface area contributed by atoms with E-state index in [1.54, 1.807) is 24.3 Å². The summed E-state index contributed by atoms with van der Waals surface area (Å²) in [4.78, 5) is 13.0. The second-order valence-corrected chi connectivity index (χ2v) is 9.29. The lowest BCUT2D eigenvalue weighted by molar-refractivity contribution is -0.123. The molecule has 0 aliphatic rings. The molecule has 0 aliphatic heterocycles. The molecule has 7 heteroatoms. The van der Waals surface area contributed by atoms with Gasteiger partial charge in [-0.15, -0.1) is 0 Å². The van der Waals surface area contributed by atoms with Gasteiger partial charge in [0, 0.05) is 6.04 Å². The summed E-state index contributed by atoms with van der Waals surface area (Å²) >= 11 is 0. The molecule has 0 aromatic heterocycles. The highest BCUT2D eigenvalue weighted by atomic mass is 32.2. The zero-order chi connectivity index (χ0) is 20.8. The van der Waals surface area contributed by atoms with Gasteiger partial charge in [-0.25, -0.2) is 8.42 Å². The lowest BCUT2D eigenvalue weighted by atomic mass is 9.93. The maximum Gasteiger partial charge on any atom is 0.244 e. The normalized spacial score (nSPS) is 13.1. The number of amides is 1. The largest absolute Gasteiger partial charge is 0.494 e. The summed E-state index contributed by atoms with van der Waals surface area (Å²) in [7, 11) is -3.64. The van der Waals surface area contributed by atoms with Gasteiger partial charge in [-0.1, -0.05) is 34.6 Å². The summed E-state index contributed by atoms with van der Waals surface area (Å²) in [6.07, 6.45) is 1.50. The number of nitrogens with zero attached hydrogens (tertiary/aromatic N) is 1. The first-order chi connectivity index (χ1) is 12.5. The number of rotatable bonds is 10. The Morgan fingerprint density at radius 1 is 1.07 bits per heavy atom. The molecule has 154 valence electrons. The van der Waals surface area contributed by atoms with Crippen molar-refractivity contribution in [3.05, 3.63) is 24.3 Å². The van der Waals surface area contributed by atoms with E-state index in [0.717, 1.165) is 6.26 Å². The van der Waals surface area contributed by atoms with Gasteiger partial charge in [-0.2, -0.15) is 0 Å². The maximum atomic E-state index is 13.0. The van der Waals surface area contributed by atoms with Crippen molar-refractivity contribution < 1.29 is 17.9 Å². The third-order valence-corrected chi connectivity index (χ3v) is 5.66. The molecule has 1 aromatic carbocycles. The molecular formula is C20H34N2O4S. The SMILES string of the molecule is CCOc1ccc(N([C@H](CC)C(=O)NC(C(C)C)C(C)C)S(C)(=O)=O)cc1. The average Bonchev–Trinajstić information content (AvgIpc) is 2.56. The Labute approximate surface area is 164 Å². The van der Waals surface area contributed by atoms with E-state index < -0.39 is 16.1 Å². The number of benzene rings is 1. The maximum absolute atomic E-state index is 13.0. The highest BCUT2D eigenvalue weighted by Gasteiger charge is 2.33. The Bertz CT molecular complexity index is 691. The molecule has 0 heterocycles. The standard InChI is InChI=1S/C20H34N2O4S/c1-8-18(20(23)21-19(14(3)4)15(5)6)22(27(7,24)25)16-10-12-17(13-11-16)26-9-2/h10-15,18-19H,8-9H2,1-7H3,(H,21,23)/t18-/m1/s1. The van der Waals surface area contributed by atoms with E-state index in [1.165, 1.54) is 4.31 Å². The third kappa shape index (κ3) is 6.41. The van der Waals surface area contributed by atoms with Gasteiger partial charge in [0.1, 0.15) is 11.8 Å². The second kappa shape index (κ2) is 9.97. The number of anilines is 1. The van der Waals surface area contributed by atoms with Crippen molar-refractivity contribution in [1.82, 2.24) is 5.32 Å². The molecule has 0 radical (unpaired) electrons. The number of carbonyl (C=O) groups is 1. The summed E-state index contributed by atoms with van der Waals surface area (Å²) in [5.74, 6) is 0.892. The first-order valence-electron chi connectivity index (χ1n) is 9.55. The van der Waals surface area contributed by atoms with Crippen LogP contribution in [0.25, 0.3) is 0 Å². The lowest BCUT2D eigenvalue weighted by Gasteiger charge is -2.33. The molecule has 1 atom stereocenters. The molecule has 1 amide bonds. The number of hydrogen-bond acceptors (Lipinski definition) is 4. The van der Waals surface area contributed by atoms with Crippen molar-refractivity contribution in [2.24, 2.45) is 11.8 Å². The Morgan fingerprint density at radius 3 is 1.96 bits per heavy atom. The molecule has 0 saturated carbocycles. The summed E-state index contributed by atoms with van der Waals surface area (Å²) in [6, 6.07) is 5.94. The van der Waals surface area contributed by atoms with Crippen LogP contribution < -0.4 is 14.4 Å². The van der Waals surface area contributed by atoms with Crippen molar-refractivity contribution >= 4 is 21.6 Å². The van der Waals surface area contributed by atoms with Gasteiger partial charge >= 0.3 is 0 Å². The predicted octanol–water partition coefficient (Wildman–Crippen LogP) is 3.43. The minimum Gasteiger partial charge on any atom is -0.494 e. The van der Waals surface area contributed by atoms with Gasteiger partial charge in [0.05, 0.1) is 18.6 Å². The molecule has 0 saturated heterocycles. The zero-order valence-electron chi connectivity index (χ0n) is 17.5. The lowest BCUT2D eigenvalue weighted by Crippen LogP contribution is -2.53. The molecule has 1 rings (SSSR count). The summed E-state index contributed by atoms with van der Waals surface area (Å²) in [5.41, 5.74) is 0.452. The van der Waals surface area contributed by atoms with Gasteiger partial charge in [-0.05, 0) is 49.4 Å². The van der Waals surface area contributed by atoms with Crippen LogP contribution in [0, 0.1) is 11.8 Å². The molecule has 1 N–H and O–H groups in total. The van der Waals surface area contributed by atoms with E-state index in [4.69, 9.17) is 4.74 Å². The summed E-state index contributed by atoms with van der Waals surface area (Å²) in [5, 5.41) is 3.05. The van der Waals surface area contributed by atoms with E-state index in [1.807, 2.05) is 41.5 Å². The quantitative estimate of drug-likeness (QED) is 0.655. The molecule has 0 bridgehead atoms. The van der Waals surface area contributed by atoms with Crippen LogP contribution in [0.1, 0.15) is 48.0 Å². The van der Waals surface area contributed by atoms with E-state index in [-0.39, 0.29) is 23.8 Å². The zero-order valence-corrected chi connectivity index (χ0v) is 18.3. The predicted molar refractivity (Wildman–Crippen MR) is 111 cm³/mol. The third-order valence-electron chi connectivity index (χ3n) is 4.48. The number of ether oxygens (including phenoxy) is 1. The van der Waals surface area contributed by atoms with Crippen LogP contribution in [0.15, 0.2) is 24.3 Å². The average molecular weight is 399 g/mol. The minimum atomic E-state index is -3.64. The molecule has 0 fully saturated rings. The summed E-state index contributed by atoms with van der Waals surface area (Å²) in [6.45, 7) is 12.4. The fraction of sp³-hybridized carbons (Fsp3) is 0.650. The molecule has 0 aliphatic carbocycles. The van der Waals surface area contributed by atoms with E-state index in [2.05, 4.69) is 5.32 Å². The van der Waals surface area contributed by atoms with Crippen LogP contribution in [0.4, 0.5) is 5.69 Å². The minimum absolute atomic E-state index is 0.0201. The number of carbonyl (C=O) groups excluding carboxylic acids is 1. The van der Waals surface area contributed by atoms with Crippen LogP contribution in [-0.4, -0.2) is 39.3 Å². The fourth-order valence-corrected chi connectivity index (χ4v) is 4.49. The second-order valence-electron chi connectivity index (χ2n) is 7.43. The van der Waals surface area contributed by atoms with Gasteiger partial charge in [0.25, 0.3) is 0 Å². The van der Waals surface area contributed by atoms with Crippen molar-refractivity contribution in [3.63, 3.8) is 0 Å². The van der Waals surface area contributed by atoms with Crippen LogP contribution in [0.5, 0.6) is 5.75 Å². The number of nitrogens with one attached hydrogen (secondary N) is 1. The Kier molecular flexibility index (Phi) is 8.59. The van der Waals surface area contributed by atoms with Crippen LogP contribution >= 0.6 is 0 Å². The van der Waals surface area contributed by atoms with Crippen LogP contribution in [0.2, 0.25) is 0 Å². The van der Waals surface area contributed by atoms with Crippen molar-refractivity contribution in [1.29, 1.82) is 0 Å². The molecule has 6 nitrogen and oxygen atoms in total. The smallest absolute Gasteiger partial charge is 0.244 e. The molecule has 0 unspecified atom stereocenters. The van der Waals surface area contributed by atoms with Crippen molar-refractivity contribution in [3.8, 4) is 5.75 Å². The number of hydrogen-bond donors (Lipinski definition) is 1. The topological polar surface area (TPSA) is 75.7 Å². The summed E-state index contributed by atoms with van der Waals surface area (Å²) < 4.78 is 31.7. The van der Waals surface area contributed by atoms with Crippen LogP contribution in [-0.2, 0) is 14.8 Å². The number of sulfonamides is 1. The van der Waals surface area contributed by atoms with Crippen LogP contribution in [0.3, 0.4) is 0 Å². The van der Waals surface area contributed by atoms with E-state index in [9.17, 15) is 13.2 Å². The van der Waals surface area contributed by atoms with Crippen molar-refractivity contribution in [2.75, 3.05) is 17.2 Å².